The Hall–Kier alpha value is -1.69. The zero-order valence-electron chi connectivity index (χ0n) is 10.3. The number of benzene rings is 1. The summed E-state index contributed by atoms with van der Waals surface area (Å²) in [5.41, 5.74) is 1.23. The van der Waals surface area contributed by atoms with E-state index in [1.165, 1.54) is 4.68 Å². The minimum atomic E-state index is -1.22. The van der Waals surface area contributed by atoms with Gasteiger partial charge in [0.15, 0.2) is 11.6 Å². The number of aryl methyl sites for hydroxylation is 2. The molecule has 0 saturated heterocycles. The van der Waals surface area contributed by atoms with Crippen LogP contribution in [0.4, 0.5) is 18.9 Å². The van der Waals surface area contributed by atoms with Crippen LogP contribution in [-0.4, -0.2) is 9.78 Å². The lowest BCUT2D eigenvalue weighted by atomic mass is 10.2. The number of aromatic nitrogens is 2. The third-order valence-corrected chi connectivity index (χ3v) is 3.21. The fraction of sp³-hybridized carbons (Fsp3) is 0.250. The summed E-state index contributed by atoms with van der Waals surface area (Å²) in [6.45, 7) is 1.92. The Balaban J connectivity index is 2.21. The van der Waals surface area contributed by atoms with Crippen LogP contribution in [-0.2, 0) is 13.6 Å². The largest absolute Gasteiger partial charge is 0.378 e. The van der Waals surface area contributed by atoms with Gasteiger partial charge in [-0.3, -0.25) is 4.68 Å². The Morgan fingerprint density at radius 3 is 2.42 bits per heavy atom. The molecular weight excluding hydrogens is 279 g/mol. The first-order valence-electron chi connectivity index (χ1n) is 5.46. The Morgan fingerprint density at radius 1 is 1.21 bits per heavy atom. The molecule has 0 unspecified atom stereocenters. The van der Waals surface area contributed by atoms with Crippen LogP contribution >= 0.6 is 11.6 Å². The average Bonchev–Trinajstić information content (AvgIpc) is 2.57. The molecule has 2 aromatic rings. The van der Waals surface area contributed by atoms with Crippen molar-refractivity contribution in [3.63, 3.8) is 0 Å². The number of rotatable bonds is 3. The van der Waals surface area contributed by atoms with E-state index in [-0.39, 0.29) is 12.2 Å². The number of anilines is 1. The van der Waals surface area contributed by atoms with Crippen LogP contribution in [0.1, 0.15) is 11.3 Å². The van der Waals surface area contributed by atoms with Gasteiger partial charge in [-0.1, -0.05) is 11.6 Å². The number of halogens is 4. The molecule has 0 radical (unpaired) electrons. The maximum atomic E-state index is 13.4. The van der Waals surface area contributed by atoms with Crippen molar-refractivity contribution in [3.05, 3.63) is 46.0 Å². The van der Waals surface area contributed by atoms with Gasteiger partial charge in [-0.05, 0) is 6.92 Å². The van der Waals surface area contributed by atoms with Crippen LogP contribution in [0.15, 0.2) is 12.1 Å². The summed E-state index contributed by atoms with van der Waals surface area (Å²) in [7, 11) is 1.68. The van der Waals surface area contributed by atoms with Crippen LogP contribution in [0.2, 0.25) is 5.15 Å². The van der Waals surface area contributed by atoms with Crippen LogP contribution in [0.3, 0.4) is 0 Å². The summed E-state index contributed by atoms with van der Waals surface area (Å²) in [5, 5.41) is 7.18. The standard InChI is InChI=1S/C12H11ClF3N3/c1-6-7(12(13)19(2)18-6)5-17-11-4-9(15)8(14)3-10(11)16/h3-4,17H,5H2,1-2H3. The first-order chi connectivity index (χ1) is 8.90. The van der Waals surface area contributed by atoms with Gasteiger partial charge >= 0.3 is 0 Å². The molecule has 0 fully saturated rings. The molecule has 1 aromatic carbocycles. The average molecular weight is 290 g/mol. The lowest BCUT2D eigenvalue weighted by molar-refractivity contribution is 0.496. The van der Waals surface area contributed by atoms with Crippen LogP contribution in [0.25, 0.3) is 0 Å². The Morgan fingerprint density at radius 2 is 1.84 bits per heavy atom. The van der Waals surface area contributed by atoms with Gasteiger partial charge in [0, 0.05) is 31.3 Å². The first-order valence-corrected chi connectivity index (χ1v) is 5.84. The molecule has 3 nitrogen and oxygen atoms in total. The molecule has 1 heterocycles. The van der Waals surface area contributed by atoms with Crippen LogP contribution < -0.4 is 5.32 Å². The molecule has 7 heteroatoms. The smallest absolute Gasteiger partial charge is 0.161 e. The molecule has 0 atom stereocenters. The number of nitrogens with one attached hydrogen (secondary N) is 1. The summed E-state index contributed by atoms with van der Waals surface area (Å²) in [6, 6.07) is 1.26. The van der Waals surface area contributed by atoms with Gasteiger partial charge in [0.1, 0.15) is 11.0 Å². The highest BCUT2D eigenvalue weighted by atomic mass is 35.5. The lowest BCUT2D eigenvalue weighted by Crippen LogP contribution is -2.04. The fourth-order valence-corrected chi connectivity index (χ4v) is 1.96. The van der Waals surface area contributed by atoms with Crippen molar-refractivity contribution in [2.45, 2.75) is 13.5 Å². The zero-order chi connectivity index (χ0) is 14.2. The Bertz CT molecular complexity index is 625. The summed E-state index contributed by atoms with van der Waals surface area (Å²) in [5.74, 6) is -3.20. The molecular formula is C12H11ClF3N3. The number of nitrogens with zero attached hydrogens (tertiary/aromatic N) is 2. The highest BCUT2D eigenvalue weighted by molar-refractivity contribution is 6.30. The van der Waals surface area contributed by atoms with Gasteiger partial charge in [-0.2, -0.15) is 5.10 Å². The van der Waals surface area contributed by atoms with Gasteiger partial charge in [0.05, 0.1) is 11.4 Å². The second kappa shape index (κ2) is 5.13. The molecule has 0 bridgehead atoms. The normalized spacial score (nSPS) is 10.8. The van der Waals surface area contributed by atoms with Gasteiger partial charge in [0.25, 0.3) is 0 Å². The number of hydrogen-bond acceptors (Lipinski definition) is 2. The second-order valence-corrected chi connectivity index (χ2v) is 4.44. The molecule has 1 N–H and O–H groups in total. The Kier molecular flexibility index (Phi) is 3.71. The minimum Gasteiger partial charge on any atom is -0.378 e. The highest BCUT2D eigenvalue weighted by Crippen LogP contribution is 2.22. The van der Waals surface area contributed by atoms with E-state index in [0.29, 0.717) is 22.5 Å². The predicted octanol–water partition coefficient (Wildman–Crippen LogP) is 3.41. The van der Waals surface area contributed by atoms with Crippen LogP contribution in [0.5, 0.6) is 0 Å². The topological polar surface area (TPSA) is 29.9 Å². The summed E-state index contributed by atoms with van der Waals surface area (Å²) < 4.78 is 40.7. The molecule has 0 aliphatic heterocycles. The molecule has 19 heavy (non-hydrogen) atoms. The first kappa shape index (κ1) is 13.7. The van der Waals surface area contributed by atoms with Crippen molar-refractivity contribution in [1.82, 2.24) is 9.78 Å². The van der Waals surface area contributed by atoms with Gasteiger partial charge in [-0.15, -0.1) is 0 Å². The fourth-order valence-electron chi connectivity index (χ4n) is 1.72. The van der Waals surface area contributed by atoms with E-state index in [1.54, 1.807) is 14.0 Å². The maximum Gasteiger partial charge on any atom is 0.161 e. The van der Waals surface area contributed by atoms with E-state index in [0.717, 1.165) is 6.07 Å². The van der Waals surface area contributed by atoms with Gasteiger partial charge in [-0.25, -0.2) is 13.2 Å². The van der Waals surface area contributed by atoms with Crippen molar-refractivity contribution in [1.29, 1.82) is 0 Å². The van der Waals surface area contributed by atoms with Crippen molar-refractivity contribution in [2.24, 2.45) is 7.05 Å². The predicted molar refractivity (Wildman–Crippen MR) is 66.6 cm³/mol. The van der Waals surface area contributed by atoms with E-state index in [9.17, 15) is 13.2 Å². The van der Waals surface area contributed by atoms with Gasteiger partial charge < -0.3 is 5.32 Å². The molecule has 0 spiro atoms. The molecule has 0 saturated carbocycles. The third-order valence-electron chi connectivity index (χ3n) is 2.74. The lowest BCUT2D eigenvalue weighted by Gasteiger charge is -2.08. The van der Waals surface area contributed by atoms with E-state index in [4.69, 9.17) is 11.6 Å². The molecule has 0 aliphatic rings. The molecule has 0 amide bonds. The summed E-state index contributed by atoms with van der Waals surface area (Å²) in [4.78, 5) is 0. The number of hydrogen-bond donors (Lipinski definition) is 1. The van der Waals surface area contributed by atoms with E-state index < -0.39 is 17.5 Å². The van der Waals surface area contributed by atoms with Crippen molar-refractivity contribution in [2.75, 3.05) is 5.32 Å². The van der Waals surface area contributed by atoms with Crippen molar-refractivity contribution < 1.29 is 13.2 Å². The maximum absolute atomic E-state index is 13.4. The molecule has 0 aliphatic carbocycles. The van der Waals surface area contributed by atoms with E-state index in [2.05, 4.69) is 10.4 Å². The van der Waals surface area contributed by atoms with Crippen LogP contribution in [0, 0.1) is 24.4 Å². The van der Waals surface area contributed by atoms with E-state index in [1.807, 2.05) is 0 Å². The summed E-state index contributed by atoms with van der Waals surface area (Å²) in [6.07, 6.45) is 0. The van der Waals surface area contributed by atoms with E-state index >= 15 is 0 Å². The second-order valence-electron chi connectivity index (χ2n) is 4.08. The SMILES string of the molecule is Cc1nn(C)c(Cl)c1CNc1cc(F)c(F)cc1F. The molecule has 1 aromatic heterocycles. The third kappa shape index (κ3) is 2.68. The van der Waals surface area contributed by atoms with Crippen molar-refractivity contribution >= 4 is 17.3 Å². The zero-order valence-corrected chi connectivity index (χ0v) is 11.0. The quantitative estimate of drug-likeness (QED) is 0.878. The van der Waals surface area contributed by atoms with Crippen molar-refractivity contribution in [3.8, 4) is 0 Å². The minimum absolute atomic E-state index is 0.127. The summed E-state index contributed by atoms with van der Waals surface area (Å²) >= 11 is 6.01. The molecule has 2 rings (SSSR count). The highest BCUT2D eigenvalue weighted by Gasteiger charge is 2.13. The Labute approximate surface area is 113 Å². The van der Waals surface area contributed by atoms with Gasteiger partial charge in [0.2, 0.25) is 0 Å². The molecule has 102 valence electrons. The monoisotopic (exact) mass is 289 g/mol.